The van der Waals surface area contributed by atoms with Gasteiger partial charge in [0, 0.05) is 25.7 Å². The van der Waals surface area contributed by atoms with E-state index in [9.17, 15) is 19.2 Å². The molecule has 1 saturated carbocycles. The Balaban J connectivity index is 3.03. The van der Waals surface area contributed by atoms with Gasteiger partial charge in [0.2, 0.25) is 23.6 Å². The summed E-state index contributed by atoms with van der Waals surface area (Å²) in [6, 6.07) is 0. The second-order valence-corrected chi connectivity index (χ2v) is 6.33. The zero-order valence-electron chi connectivity index (χ0n) is 13.8. The minimum atomic E-state index is -0.517. The first kappa shape index (κ1) is 18.3. The van der Waals surface area contributed by atoms with Crippen LogP contribution in [0.15, 0.2) is 0 Å². The number of hydrogen-bond acceptors (Lipinski definition) is 4. The smallest absolute Gasteiger partial charge is 0.229 e. The molecule has 2 atom stereocenters. The van der Waals surface area contributed by atoms with Gasteiger partial charge in [0.05, 0.1) is 0 Å². The lowest BCUT2D eigenvalue weighted by Gasteiger charge is -2.45. The van der Waals surface area contributed by atoms with Crippen molar-refractivity contribution < 1.29 is 19.2 Å². The summed E-state index contributed by atoms with van der Waals surface area (Å²) in [6.45, 7) is 6.12. The molecule has 0 aromatic heterocycles. The first-order valence-corrected chi connectivity index (χ1v) is 7.83. The van der Waals surface area contributed by atoms with Crippen molar-refractivity contribution in [1.29, 1.82) is 0 Å². The first-order chi connectivity index (χ1) is 10.2. The predicted octanol–water partition coefficient (Wildman–Crippen LogP) is 1.53. The van der Waals surface area contributed by atoms with E-state index in [1.165, 1.54) is 13.8 Å². The number of rotatable bonds is 4. The quantitative estimate of drug-likeness (QED) is 0.823. The molecule has 2 N–H and O–H groups in total. The molecular formula is C16H26N2O4. The molecule has 0 saturated heterocycles. The Morgan fingerprint density at radius 1 is 0.773 bits per heavy atom. The van der Waals surface area contributed by atoms with Crippen LogP contribution in [0.4, 0.5) is 0 Å². The number of carbonyl (C=O) groups excluding carboxylic acids is 4. The maximum Gasteiger partial charge on any atom is 0.229 e. The molecule has 124 valence electrons. The highest BCUT2D eigenvalue weighted by atomic mass is 16.2. The topological polar surface area (TPSA) is 92.3 Å². The predicted molar refractivity (Wildman–Crippen MR) is 81.5 cm³/mol. The number of nitrogens with one attached hydrogen (secondary N) is 2. The molecule has 0 radical (unpaired) electrons. The van der Waals surface area contributed by atoms with Crippen LogP contribution in [0.1, 0.15) is 59.8 Å². The summed E-state index contributed by atoms with van der Waals surface area (Å²) < 4.78 is 0. The van der Waals surface area contributed by atoms with Crippen molar-refractivity contribution in [3.63, 3.8) is 0 Å². The molecule has 0 aromatic carbocycles. The monoisotopic (exact) mass is 310 g/mol. The molecule has 2 unspecified atom stereocenters. The van der Waals surface area contributed by atoms with Crippen molar-refractivity contribution in [3.8, 4) is 0 Å². The summed E-state index contributed by atoms with van der Waals surface area (Å²) in [5.41, 5.74) is -0.517. The van der Waals surface area contributed by atoms with E-state index in [1.54, 1.807) is 13.8 Å². The molecule has 1 aliphatic rings. The second-order valence-electron chi connectivity index (χ2n) is 6.33. The van der Waals surface area contributed by atoms with Crippen LogP contribution < -0.4 is 10.6 Å². The van der Waals surface area contributed by atoms with Gasteiger partial charge in [-0.3, -0.25) is 29.8 Å². The normalized spacial score (nSPS) is 19.6. The van der Waals surface area contributed by atoms with Gasteiger partial charge in [-0.1, -0.05) is 33.1 Å². The van der Waals surface area contributed by atoms with Gasteiger partial charge in [-0.2, -0.15) is 0 Å². The van der Waals surface area contributed by atoms with Crippen LogP contribution >= 0.6 is 0 Å². The number of hydrogen-bond donors (Lipinski definition) is 2. The Kier molecular flexibility index (Phi) is 6.26. The van der Waals surface area contributed by atoms with Crippen LogP contribution in [0.5, 0.6) is 0 Å². The molecule has 0 spiro atoms. The van der Waals surface area contributed by atoms with Gasteiger partial charge in [0.25, 0.3) is 0 Å². The molecule has 4 amide bonds. The van der Waals surface area contributed by atoms with E-state index >= 15 is 0 Å². The van der Waals surface area contributed by atoms with Crippen molar-refractivity contribution >= 4 is 23.6 Å². The van der Waals surface area contributed by atoms with Crippen LogP contribution in [0, 0.1) is 17.3 Å². The minimum Gasteiger partial charge on any atom is -0.296 e. The Morgan fingerprint density at radius 3 is 1.45 bits per heavy atom. The average molecular weight is 310 g/mol. The second kappa shape index (κ2) is 7.51. The van der Waals surface area contributed by atoms with Gasteiger partial charge >= 0.3 is 0 Å². The summed E-state index contributed by atoms with van der Waals surface area (Å²) in [5.74, 6) is -2.44. The van der Waals surface area contributed by atoms with Crippen molar-refractivity contribution in [2.24, 2.45) is 17.3 Å². The van der Waals surface area contributed by atoms with Crippen LogP contribution in [-0.2, 0) is 19.2 Å². The Labute approximate surface area is 131 Å². The number of amides is 4. The molecule has 6 heteroatoms. The Bertz CT molecular complexity index is 431. The van der Waals surface area contributed by atoms with Crippen molar-refractivity contribution in [2.75, 3.05) is 0 Å². The molecular weight excluding hydrogens is 284 g/mol. The molecule has 0 heterocycles. The van der Waals surface area contributed by atoms with E-state index in [-0.39, 0.29) is 11.8 Å². The van der Waals surface area contributed by atoms with Crippen molar-refractivity contribution in [3.05, 3.63) is 0 Å². The van der Waals surface area contributed by atoms with E-state index in [0.717, 1.165) is 32.1 Å². The zero-order valence-corrected chi connectivity index (χ0v) is 13.8. The number of imide groups is 2. The third-order valence-corrected chi connectivity index (χ3v) is 4.89. The van der Waals surface area contributed by atoms with Gasteiger partial charge < -0.3 is 0 Å². The van der Waals surface area contributed by atoms with Gasteiger partial charge in [0.15, 0.2) is 0 Å². The fourth-order valence-corrected chi connectivity index (χ4v) is 3.54. The van der Waals surface area contributed by atoms with E-state index in [0.29, 0.717) is 0 Å². The van der Waals surface area contributed by atoms with Gasteiger partial charge in [0.1, 0.15) is 0 Å². The summed E-state index contributed by atoms with van der Waals surface area (Å²) in [6.07, 6.45) is 4.44. The minimum absolute atomic E-state index is 0.350. The molecule has 0 bridgehead atoms. The summed E-state index contributed by atoms with van der Waals surface area (Å²) in [7, 11) is 0. The lowest BCUT2D eigenvalue weighted by Crippen LogP contribution is -2.51. The van der Waals surface area contributed by atoms with E-state index in [2.05, 4.69) is 10.6 Å². The average Bonchev–Trinajstić information content (AvgIpc) is 2.44. The largest absolute Gasteiger partial charge is 0.296 e. The van der Waals surface area contributed by atoms with Crippen molar-refractivity contribution in [2.45, 2.75) is 59.8 Å². The molecule has 1 rings (SSSR count). The Hall–Kier alpha value is -1.72. The standard InChI is InChI=1S/C16H26N2O4/c1-10(14(21)17-12(3)19)16(8-6-5-7-9-16)11(2)15(22)18-13(4)20/h10-11H,5-9H2,1-4H3,(H,17,19,21)(H,18,20,22). The van der Waals surface area contributed by atoms with Crippen LogP contribution in [0.2, 0.25) is 0 Å². The molecule has 6 nitrogen and oxygen atoms in total. The van der Waals surface area contributed by atoms with E-state index < -0.39 is 29.1 Å². The van der Waals surface area contributed by atoms with Crippen LogP contribution in [-0.4, -0.2) is 23.6 Å². The fraction of sp³-hybridized carbons (Fsp3) is 0.750. The molecule has 1 aliphatic carbocycles. The maximum absolute atomic E-state index is 12.3. The SMILES string of the molecule is CC(=O)NC(=O)C(C)C1(C(C)C(=O)NC(C)=O)CCCCC1. The molecule has 1 fully saturated rings. The maximum atomic E-state index is 12.3. The van der Waals surface area contributed by atoms with Gasteiger partial charge in [-0.05, 0) is 18.3 Å². The molecule has 22 heavy (non-hydrogen) atoms. The first-order valence-electron chi connectivity index (χ1n) is 7.83. The third kappa shape index (κ3) is 4.15. The summed E-state index contributed by atoms with van der Waals surface area (Å²) in [4.78, 5) is 46.8. The number of carbonyl (C=O) groups is 4. The van der Waals surface area contributed by atoms with E-state index in [4.69, 9.17) is 0 Å². The third-order valence-electron chi connectivity index (χ3n) is 4.89. The lowest BCUT2D eigenvalue weighted by molar-refractivity contribution is -0.141. The van der Waals surface area contributed by atoms with Crippen molar-refractivity contribution in [1.82, 2.24) is 10.6 Å². The van der Waals surface area contributed by atoms with E-state index in [1.807, 2.05) is 0 Å². The lowest BCUT2D eigenvalue weighted by atomic mass is 9.59. The molecule has 0 aliphatic heterocycles. The van der Waals surface area contributed by atoms with Crippen LogP contribution in [0.25, 0.3) is 0 Å². The van der Waals surface area contributed by atoms with Gasteiger partial charge in [-0.15, -0.1) is 0 Å². The fourth-order valence-electron chi connectivity index (χ4n) is 3.54. The highest BCUT2D eigenvalue weighted by Crippen LogP contribution is 2.48. The van der Waals surface area contributed by atoms with Gasteiger partial charge in [-0.25, -0.2) is 0 Å². The zero-order chi connectivity index (χ0) is 16.9. The highest BCUT2D eigenvalue weighted by Gasteiger charge is 2.47. The summed E-state index contributed by atoms with van der Waals surface area (Å²) in [5, 5.41) is 4.65. The Morgan fingerprint density at radius 2 is 1.14 bits per heavy atom. The van der Waals surface area contributed by atoms with Crippen LogP contribution in [0.3, 0.4) is 0 Å². The summed E-state index contributed by atoms with van der Waals surface area (Å²) >= 11 is 0. The highest BCUT2D eigenvalue weighted by molar-refractivity contribution is 5.97. The molecule has 0 aromatic rings.